The maximum Gasteiger partial charge on any atom is 0.360 e. The second-order valence-corrected chi connectivity index (χ2v) is 5.78. The number of thioether (sulfide) groups is 1. The number of carbonyl (C=O) groups is 1. The fourth-order valence-electron chi connectivity index (χ4n) is 2.25. The fourth-order valence-corrected chi connectivity index (χ4v) is 3.45. The van der Waals surface area contributed by atoms with Gasteiger partial charge >= 0.3 is 5.97 Å². The van der Waals surface area contributed by atoms with Crippen LogP contribution in [0.15, 0.2) is 0 Å². The molecule has 5 nitrogen and oxygen atoms in total. The molecule has 1 aliphatic rings. The van der Waals surface area contributed by atoms with E-state index >= 15 is 0 Å². The molecule has 2 N–H and O–H groups in total. The van der Waals surface area contributed by atoms with E-state index in [9.17, 15) is 4.79 Å². The van der Waals surface area contributed by atoms with Crippen molar-refractivity contribution in [2.45, 2.75) is 26.3 Å². The number of nitrogens with zero attached hydrogens (tertiary/aromatic N) is 2. The van der Waals surface area contributed by atoms with Gasteiger partial charge in [-0.25, -0.2) is 9.78 Å². The minimum absolute atomic E-state index is 0.236. The van der Waals surface area contributed by atoms with Gasteiger partial charge in [0.05, 0.1) is 7.11 Å². The summed E-state index contributed by atoms with van der Waals surface area (Å²) in [7, 11) is 1.34. The zero-order chi connectivity index (χ0) is 13.1. The molecule has 1 aromatic rings. The van der Waals surface area contributed by atoms with Crippen molar-refractivity contribution < 1.29 is 9.53 Å². The minimum Gasteiger partial charge on any atom is -0.464 e. The summed E-state index contributed by atoms with van der Waals surface area (Å²) in [5.41, 5.74) is 6.23. The highest BCUT2D eigenvalue weighted by Gasteiger charge is 2.22. The standard InChI is InChI=1S/C12H19N3O2S/c1-8-14-10(12(16)17-2)11(13)15(8)7-9-3-5-18-6-4-9/h9H,3-7,13H2,1-2H3. The molecule has 0 amide bonds. The van der Waals surface area contributed by atoms with Crippen LogP contribution in [0, 0.1) is 12.8 Å². The molecular weight excluding hydrogens is 250 g/mol. The number of nitrogens with two attached hydrogens (primary N) is 1. The predicted octanol–water partition coefficient (Wildman–Crippen LogP) is 1.70. The molecule has 0 bridgehead atoms. The van der Waals surface area contributed by atoms with E-state index in [0.29, 0.717) is 11.7 Å². The molecule has 18 heavy (non-hydrogen) atoms. The van der Waals surface area contributed by atoms with Crippen LogP contribution in [0.3, 0.4) is 0 Å². The van der Waals surface area contributed by atoms with Gasteiger partial charge in [0.15, 0.2) is 5.69 Å². The first-order chi connectivity index (χ1) is 8.63. The van der Waals surface area contributed by atoms with Crippen molar-refractivity contribution in [1.29, 1.82) is 0 Å². The van der Waals surface area contributed by atoms with Crippen molar-refractivity contribution in [2.75, 3.05) is 24.3 Å². The Kier molecular flexibility index (Phi) is 4.16. The van der Waals surface area contributed by atoms with Gasteiger partial charge < -0.3 is 15.0 Å². The predicted molar refractivity (Wildman–Crippen MR) is 72.8 cm³/mol. The zero-order valence-electron chi connectivity index (χ0n) is 10.8. The summed E-state index contributed by atoms with van der Waals surface area (Å²) in [6.07, 6.45) is 2.41. The molecule has 0 radical (unpaired) electrons. The number of methoxy groups -OCH3 is 1. The molecule has 2 rings (SSSR count). The van der Waals surface area contributed by atoms with Crippen molar-refractivity contribution in [3.8, 4) is 0 Å². The van der Waals surface area contributed by atoms with Crippen molar-refractivity contribution >= 4 is 23.5 Å². The Balaban J connectivity index is 2.17. The third kappa shape index (κ3) is 2.63. The summed E-state index contributed by atoms with van der Waals surface area (Å²) in [5.74, 6) is 3.80. The molecule has 6 heteroatoms. The van der Waals surface area contributed by atoms with E-state index in [1.807, 2.05) is 23.3 Å². The Morgan fingerprint density at radius 1 is 1.56 bits per heavy atom. The van der Waals surface area contributed by atoms with Crippen LogP contribution in [-0.2, 0) is 11.3 Å². The van der Waals surface area contributed by atoms with Crippen LogP contribution in [0.1, 0.15) is 29.2 Å². The van der Waals surface area contributed by atoms with Crippen LogP contribution in [0.2, 0.25) is 0 Å². The van der Waals surface area contributed by atoms with Crippen molar-refractivity contribution in [2.24, 2.45) is 5.92 Å². The number of hydrogen-bond acceptors (Lipinski definition) is 5. The number of ether oxygens (including phenoxy) is 1. The zero-order valence-corrected chi connectivity index (χ0v) is 11.6. The molecular formula is C12H19N3O2S. The lowest BCUT2D eigenvalue weighted by Gasteiger charge is -2.22. The first kappa shape index (κ1) is 13.3. The lowest BCUT2D eigenvalue weighted by atomic mass is 10.0. The van der Waals surface area contributed by atoms with Crippen LogP contribution in [-0.4, -0.2) is 34.1 Å². The van der Waals surface area contributed by atoms with E-state index in [0.717, 1.165) is 12.4 Å². The highest BCUT2D eigenvalue weighted by molar-refractivity contribution is 7.99. The van der Waals surface area contributed by atoms with Gasteiger partial charge in [0.2, 0.25) is 0 Å². The maximum atomic E-state index is 11.5. The van der Waals surface area contributed by atoms with Crippen molar-refractivity contribution in [3.63, 3.8) is 0 Å². The van der Waals surface area contributed by atoms with Crippen LogP contribution < -0.4 is 5.73 Å². The normalized spacial score (nSPS) is 16.8. The average Bonchev–Trinajstić information content (AvgIpc) is 2.67. The van der Waals surface area contributed by atoms with Gasteiger partial charge in [-0.05, 0) is 37.2 Å². The highest BCUT2D eigenvalue weighted by Crippen LogP contribution is 2.26. The number of aryl methyl sites for hydroxylation is 1. The first-order valence-electron chi connectivity index (χ1n) is 6.12. The Bertz CT molecular complexity index is 439. The summed E-state index contributed by atoms with van der Waals surface area (Å²) in [4.78, 5) is 15.7. The third-order valence-electron chi connectivity index (χ3n) is 3.36. The van der Waals surface area contributed by atoms with Gasteiger partial charge in [0.1, 0.15) is 11.6 Å². The Morgan fingerprint density at radius 3 is 2.83 bits per heavy atom. The number of nitrogen functional groups attached to an aromatic ring is 1. The quantitative estimate of drug-likeness (QED) is 0.846. The maximum absolute atomic E-state index is 11.5. The lowest BCUT2D eigenvalue weighted by Crippen LogP contribution is -2.18. The van der Waals surface area contributed by atoms with Gasteiger partial charge in [-0.15, -0.1) is 0 Å². The summed E-state index contributed by atoms with van der Waals surface area (Å²) < 4.78 is 6.61. The van der Waals surface area contributed by atoms with Gasteiger partial charge in [0, 0.05) is 6.54 Å². The van der Waals surface area contributed by atoms with E-state index < -0.39 is 5.97 Å². The van der Waals surface area contributed by atoms with Gasteiger partial charge in [-0.2, -0.15) is 11.8 Å². The number of anilines is 1. The number of carbonyl (C=O) groups excluding carboxylic acids is 1. The van der Waals surface area contributed by atoms with Gasteiger partial charge in [-0.3, -0.25) is 0 Å². The summed E-state index contributed by atoms with van der Waals surface area (Å²) in [6, 6.07) is 0. The van der Waals surface area contributed by atoms with Gasteiger partial charge in [0.25, 0.3) is 0 Å². The largest absolute Gasteiger partial charge is 0.464 e. The number of aromatic nitrogens is 2. The minimum atomic E-state index is -0.464. The van der Waals surface area contributed by atoms with E-state index in [1.54, 1.807) is 0 Å². The summed E-state index contributed by atoms with van der Waals surface area (Å²) >= 11 is 2.00. The molecule has 100 valence electrons. The van der Waals surface area contributed by atoms with Crippen LogP contribution in [0.5, 0.6) is 0 Å². The third-order valence-corrected chi connectivity index (χ3v) is 4.41. The van der Waals surface area contributed by atoms with Crippen molar-refractivity contribution in [3.05, 3.63) is 11.5 Å². The Labute approximate surface area is 111 Å². The molecule has 0 aromatic carbocycles. The van der Waals surface area contributed by atoms with E-state index in [1.165, 1.54) is 31.5 Å². The summed E-state index contributed by atoms with van der Waals surface area (Å²) in [5, 5.41) is 0. The monoisotopic (exact) mass is 269 g/mol. The number of imidazole rings is 1. The lowest BCUT2D eigenvalue weighted by molar-refractivity contribution is 0.0595. The van der Waals surface area contributed by atoms with Crippen LogP contribution in [0.4, 0.5) is 5.82 Å². The SMILES string of the molecule is COC(=O)c1nc(C)n(CC2CCSCC2)c1N. The molecule has 1 saturated heterocycles. The number of rotatable bonds is 3. The molecule has 1 aromatic heterocycles. The van der Waals surface area contributed by atoms with Crippen molar-refractivity contribution in [1.82, 2.24) is 9.55 Å². The molecule has 1 fully saturated rings. The molecule has 1 aliphatic heterocycles. The second-order valence-electron chi connectivity index (χ2n) is 4.55. The smallest absolute Gasteiger partial charge is 0.360 e. The van der Waals surface area contributed by atoms with Crippen LogP contribution in [0.25, 0.3) is 0 Å². The molecule has 0 aliphatic carbocycles. The fraction of sp³-hybridized carbons (Fsp3) is 0.667. The highest BCUT2D eigenvalue weighted by atomic mass is 32.2. The number of hydrogen-bond donors (Lipinski definition) is 1. The van der Waals surface area contributed by atoms with E-state index in [4.69, 9.17) is 5.73 Å². The Hall–Kier alpha value is -1.17. The molecule has 0 spiro atoms. The molecule has 2 heterocycles. The number of esters is 1. The summed E-state index contributed by atoms with van der Waals surface area (Å²) in [6.45, 7) is 2.72. The molecule has 0 unspecified atom stereocenters. The average molecular weight is 269 g/mol. The Morgan fingerprint density at radius 2 is 2.22 bits per heavy atom. The topological polar surface area (TPSA) is 70.1 Å². The van der Waals surface area contributed by atoms with Crippen LogP contribution >= 0.6 is 11.8 Å². The molecule has 0 saturated carbocycles. The van der Waals surface area contributed by atoms with E-state index in [2.05, 4.69) is 9.72 Å². The molecule has 0 atom stereocenters. The second kappa shape index (κ2) is 5.65. The van der Waals surface area contributed by atoms with Gasteiger partial charge in [-0.1, -0.05) is 0 Å². The first-order valence-corrected chi connectivity index (χ1v) is 7.27. The van der Waals surface area contributed by atoms with E-state index in [-0.39, 0.29) is 5.69 Å².